The van der Waals surface area contributed by atoms with Crippen molar-refractivity contribution >= 4 is 11.8 Å². The van der Waals surface area contributed by atoms with Crippen molar-refractivity contribution in [1.82, 2.24) is 9.55 Å². The summed E-state index contributed by atoms with van der Waals surface area (Å²) in [5.74, 6) is 1.18. The number of imidazole rings is 1. The lowest BCUT2D eigenvalue weighted by Crippen LogP contribution is -1.98. The van der Waals surface area contributed by atoms with Crippen molar-refractivity contribution in [2.24, 2.45) is 0 Å². The SMILES string of the molecule is C[C@H]1CSc2nccn21. The van der Waals surface area contributed by atoms with Gasteiger partial charge in [-0.15, -0.1) is 0 Å². The summed E-state index contributed by atoms with van der Waals surface area (Å²) < 4.78 is 2.21. The maximum Gasteiger partial charge on any atom is 0.168 e. The maximum absolute atomic E-state index is 4.17. The molecule has 0 saturated heterocycles. The van der Waals surface area contributed by atoms with E-state index in [0.717, 1.165) is 0 Å². The van der Waals surface area contributed by atoms with Crippen LogP contribution in [0.3, 0.4) is 0 Å². The highest BCUT2D eigenvalue weighted by Gasteiger charge is 2.17. The third-order valence-electron chi connectivity index (χ3n) is 1.56. The van der Waals surface area contributed by atoms with Gasteiger partial charge in [-0.1, -0.05) is 11.8 Å². The van der Waals surface area contributed by atoms with E-state index in [-0.39, 0.29) is 0 Å². The minimum absolute atomic E-state index is 0.646. The fraction of sp³-hybridized carbons (Fsp3) is 0.500. The Hall–Kier alpha value is -0.440. The fourth-order valence-electron chi connectivity index (χ4n) is 1.02. The average Bonchev–Trinajstić information content (AvgIpc) is 2.35. The minimum atomic E-state index is 0.646. The number of hydrogen-bond acceptors (Lipinski definition) is 2. The quantitative estimate of drug-likeness (QED) is 0.544. The van der Waals surface area contributed by atoms with Crippen LogP contribution in [0.2, 0.25) is 0 Å². The summed E-state index contributed by atoms with van der Waals surface area (Å²) in [6.45, 7) is 2.21. The number of hydrogen-bond donors (Lipinski definition) is 0. The van der Waals surface area contributed by atoms with Gasteiger partial charge in [-0.25, -0.2) is 4.98 Å². The molecule has 0 fully saturated rings. The molecule has 0 amide bonds. The van der Waals surface area contributed by atoms with Crippen molar-refractivity contribution in [2.75, 3.05) is 5.75 Å². The van der Waals surface area contributed by atoms with Crippen LogP contribution < -0.4 is 0 Å². The second kappa shape index (κ2) is 1.77. The van der Waals surface area contributed by atoms with E-state index >= 15 is 0 Å². The Kier molecular flexibility index (Phi) is 1.05. The molecule has 1 aliphatic heterocycles. The molecule has 0 saturated carbocycles. The summed E-state index contributed by atoms with van der Waals surface area (Å²) in [7, 11) is 0. The molecule has 0 aromatic carbocycles. The maximum atomic E-state index is 4.17. The Bertz CT molecular complexity index is 219. The number of nitrogens with zero attached hydrogens (tertiary/aromatic N) is 2. The Labute approximate surface area is 58.3 Å². The van der Waals surface area contributed by atoms with Gasteiger partial charge in [0.1, 0.15) is 0 Å². The van der Waals surface area contributed by atoms with E-state index in [1.165, 1.54) is 10.9 Å². The number of aromatic nitrogens is 2. The van der Waals surface area contributed by atoms with Crippen LogP contribution in [0.4, 0.5) is 0 Å². The van der Waals surface area contributed by atoms with Crippen LogP contribution in [0.5, 0.6) is 0 Å². The summed E-state index contributed by atoms with van der Waals surface area (Å²) in [4.78, 5) is 4.17. The van der Waals surface area contributed by atoms with E-state index < -0.39 is 0 Å². The molecule has 2 rings (SSSR count). The van der Waals surface area contributed by atoms with Crippen LogP contribution in [0.25, 0.3) is 0 Å². The molecule has 1 aliphatic rings. The average molecular weight is 140 g/mol. The molecule has 0 N–H and O–H groups in total. The first-order valence-corrected chi connectivity index (χ1v) is 4.02. The molecule has 0 spiro atoms. The van der Waals surface area contributed by atoms with Gasteiger partial charge in [-0.3, -0.25) is 0 Å². The first kappa shape index (κ1) is 5.35. The lowest BCUT2D eigenvalue weighted by Gasteiger charge is -2.00. The normalized spacial score (nSPS) is 24.3. The molecule has 3 heteroatoms. The number of rotatable bonds is 0. The molecule has 0 bridgehead atoms. The Morgan fingerprint density at radius 1 is 1.89 bits per heavy atom. The van der Waals surface area contributed by atoms with E-state index in [4.69, 9.17) is 0 Å². The lowest BCUT2D eigenvalue weighted by atomic mass is 10.4. The zero-order valence-electron chi connectivity index (χ0n) is 5.24. The van der Waals surface area contributed by atoms with Crippen LogP contribution in [-0.2, 0) is 0 Å². The Morgan fingerprint density at radius 2 is 2.78 bits per heavy atom. The van der Waals surface area contributed by atoms with E-state index in [1.54, 1.807) is 0 Å². The summed E-state index contributed by atoms with van der Waals surface area (Å²) in [6.07, 6.45) is 3.90. The number of fused-ring (bicyclic) bond motifs is 1. The molecule has 48 valence electrons. The summed E-state index contributed by atoms with van der Waals surface area (Å²) in [5.41, 5.74) is 0. The third kappa shape index (κ3) is 0.678. The topological polar surface area (TPSA) is 17.8 Å². The largest absolute Gasteiger partial charge is 0.322 e. The van der Waals surface area contributed by atoms with Crippen LogP contribution >= 0.6 is 11.8 Å². The van der Waals surface area contributed by atoms with Gasteiger partial charge >= 0.3 is 0 Å². The van der Waals surface area contributed by atoms with Gasteiger partial charge in [-0.2, -0.15) is 0 Å². The summed E-state index contributed by atoms with van der Waals surface area (Å²) in [5, 5.41) is 1.17. The predicted octanol–water partition coefficient (Wildman–Crippen LogP) is 1.55. The van der Waals surface area contributed by atoms with E-state index in [2.05, 4.69) is 16.5 Å². The van der Waals surface area contributed by atoms with Gasteiger partial charge in [0.15, 0.2) is 5.16 Å². The molecule has 0 unspecified atom stereocenters. The molecule has 9 heavy (non-hydrogen) atoms. The van der Waals surface area contributed by atoms with Crippen LogP contribution in [0.1, 0.15) is 13.0 Å². The van der Waals surface area contributed by atoms with Crippen molar-refractivity contribution in [3.05, 3.63) is 12.4 Å². The van der Waals surface area contributed by atoms with E-state index in [0.29, 0.717) is 6.04 Å². The highest BCUT2D eigenvalue weighted by molar-refractivity contribution is 7.99. The molecular weight excluding hydrogens is 132 g/mol. The highest BCUT2D eigenvalue weighted by atomic mass is 32.2. The van der Waals surface area contributed by atoms with Crippen molar-refractivity contribution < 1.29 is 0 Å². The fourth-order valence-corrected chi connectivity index (χ4v) is 2.10. The molecule has 1 aromatic rings. The standard InChI is InChI=1S/C6H8N2S/c1-5-4-9-6-7-2-3-8(5)6/h2-3,5H,4H2,1H3/t5-/m0/s1. The molecular formula is C6H8N2S. The van der Waals surface area contributed by atoms with Crippen LogP contribution in [-0.4, -0.2) is 15.3 Å². The Morgan fingerprint density at radius 3 is 3.56 bits per heavy atom. The monoisotopic (exact) mass is 140 g/mol. The molecule has 2 nitrogen and oxygen atoms in total. The van der Waals surface area contributed by atoms with Gasteiger partial charge in [0.25, 0.3) is 0 Å². The van der Waals surface area contributed by atoms with E-state index in [1.807, 2.05) is 24.2 Å². The molecule has 0 radical (unpaired) electrons. The molecule has 1 aromatic heterocycles. The molecule has 2 heterocycles. The zero-order valence-corrected chi connectivity index (χ0v) is 6.06. The minimum Gasteiger partial charge on any atom is -0.322 e. The van der Waals surface area contributed by atoms with Crippen LogP contribution in [0, 0.1) is 0 Å². The van der Waals surface area contributed by atoms with Crippen molar-refractivity contribution in [3.8, 4) is 0 Å². The lowest BCUT2D eigenvalue weighted by molar-refractivity contribution is 0.583. The Balaban J connectivity index is 2.49. The van der Waals surface area contributed by atoms with Gasteiger partial charge in [0.2, 0.25) is 0 Å². The van der Waals surface area contributed by atoms with Gasteiger partial charge < -0.3 is 4.57 Å². The highest BCUT2D eigenvalue weighted by Crippen LogP contribution is 2.30. The summed E-state index contributed by atoms with van der Waals surface area (Å²) in [6, 6.07) is 0.646. The van der Waals surface area contributed by atoms with Crippen molar-refractivity contribution in [1.29, 1.82) is 0 Å². The molecule has 1 atom stereocenters. The third-order valence-corrected chi connectivity index (χ3v) is 2.79. The summed E-state index contributed by atoms with van der Waals surface area (Å²) >= 11 is 1.83. The second-order valence-electron chi connectivity index (χ2n) is 2.28. The smallest absolute Gasteiger partial charge is 0.168 e. The molecule has 0 aliphatic carbocycles. The van der Waals surface area contributed by atoms with Gasteiger partial charge in [0, 0.05) is 24.2 Å². The second-order valence-corrected chi connectivity index (χ2v) is 3.26. The van der Waals surface area contributed by atoms with Crippen LogP contribution in [0.15, 0.2) is 17.6 Å². The first-order chi connectivity index (χ1) is 4.38. The van der Waals surface area contributed by atoms with E-state index in [9.17, 15) is 0 Å². The van der Waals surface area contributed by atoms with Crippen molar-refractivity contribution in [3.63, 3.8) is 0 Å². The van der Waals surface area contributed by atoms with Gasteiger partial charge in [0.05, 0.1) is 0 Å². The zero-order chi connectivity index (χ0) is 6.27. The van der Waals surface area contributed by atoms with Gasteiger partial charge in [-0.05, 0) is 6.92 Å². The number of thioether (sulfide) groups is 1. The first-order valence-electron chi connectivity index (χ1n) is 3.03. The predicted molar refractivity (Wildman–Crippen MR) is 37.7 cm³/mol. The van der Waals surface area contributed by atoms with Crippen molar-refractivity contribution in [2.45, 2.75) is 18.1 Å².